The van der Waals surface area contributed by atoms with Crippen molar-refractivity contribution in [3.8, 4) is 0 Å². The second-order valence-corrected chi connectivity index (χ2v) is 5.94. The monoisotopic (exact) mass is 349 g/mol. The second-order valence-electron chi connectivity index (χ2n) is 5.94. The van der Waals surface area contributed by atoms with E-state index in [0.29, 0.717) is 24.0 Å². The maximum Gasteiger partial charge on any atom is 0.302 e. The summed E-state index contributed by atoms with van der Waals surface area (Å²) in [6.45, 7) is 2.62. The number of hydrogen-bond acceptors (Lipinski definition) is 9. The van der Waals surface area contributed by atoms with Crippen LogP contribution in [0.2, 0.25) is 0 Å². The lowest BCUT2D eigenvalue weighted by Gasteiger charge is -2.28. The number of rotatable bonds is 5. The molecule has 0 saturated carbocycles. The van der Waals surface area contributed by atoms with E-state index < -0.39 is 23.8 Å². The van der Waals surface area contributed by atoms with Gasteiger partial charge in [0.25, 0.3) is 0 Å². The van der Waals surface area contributed by atoms with Gasteiger partial charge in [-0.3, -0.25) is 14.2 Å². The SMILES string of the molecule is CC(=O)OCC1(COC(C)=O)CC[C@H](n2cnc3c(N)ncnc32)O1. The predicted octanol–water partition coefficient (Wildman–Crippen LogP) is 0.582. The van der Waals surface area contributed by atoms with Gasteiger partial charge in [-0.2, -0.15) is 0 Å². The zero-order valence-corrected chi connectivity index (χ0v) is 14.0. The van der Waals surface area contributed by atoms with E-state index in [4.69, 9.17) is 19.9 Å². The van der Waals surface area contributed by atoms with Crippen molar-refractivity contribution >= 4 is 28.9 Å². The third kappa shape index (κ3) is 3.53. The molecule has 0 bridgehead atoms. The lowest BCUT2D eigenvalue weighted by Crippen LogP contribution is -2.40. The smallest absolute Gasteiger partial charge is 0.302 e. The molecule has 10 heteroatoms. The van der Waals surface area contributed by atoms with Gasteiger partial charge in [0.1, 0.15) is 36.9 Å². The van der Waals surface area contributed by atoms with E-state index >= 15 is 0 Å². The zero-order valence-electron chi connectivity index (χ0n) is 14.0. The van der Waals surface area contributed by atoms with Crippen LogP contribution >= 0.6 is 0 Å². The third-order valence-electron chi connectivity index (χ3n) is 4.01. The van der Waals surface area contributed by atoms with E-state index in [1.807, 2.05) is 0 Å². The molecule has 1 fully saturated rings. The number of hydrogen-bond donors (Lipinski definition) is 1. The van der Waals surface area contributed by atoms with Gasteiger partial charge >= 0.3 is 11.9 Å². The van der Waals surface area contributed by atoms with E-state index in [-0.39, 0.29) is 19.0 Å². The van der Waals surface area contributed by atoms with Crippen LogP contribution in [0.15, 0.2) is 12.7 Å². The quantitative estimate of drug-likeness (QED) is 0.770. The Morgan fingerprint density at radius 2 is 1.96 bits per heavy atom. The highest BCUT2D eigenvalue weighted by molar-refractivity contribution is 5.81. The Labute approximate surface area is 143 Å². The van der Waals surface area contributed by atoms with Crippen molar-refractivity contribution < 1.29 is 23.8 Å². The molecule has 1 aliphatic rings. The van der Waals surface area contributed by atoms with Crippen LogP contribution in [0.1, 0.15) is 32.9 Å². The molecule has 2 N–H and O–H groups in total. The van der Waals surface area contributed by atoms with Gasteiger partial charge in [-0.25, -0.2) is 15.0 Å². The summed E-state index contributed by atoms with van der Waals surface area (Å²) < 4.78 is 18.1. The van der Waals surface area contributed by atoms with Gasteiger partial charge < -0.3 is 19.9 Å². The average molecular weight is 349 g/mol. The van der Waals surface area contributed by atoms with Crippen molar-refractivity contribution in [2.45, 2.75) is 38.5 Å². The van der Waals surface area contributed by atoms with Crippen molar-refractivity contribution in [2.75, 3.05) is 18.9 Å². The minimum Gasteiger partial charge on any atom is -0.463 e. The third-order valence-corrected chi connectivity index (χ3v) is 4.01. The Bertz CT molecular complexity index is 787. The predicted molar refractivity (Wildman–Crippen MR) is 85.1 cm³/mol. The zero-order chi connectivity index (χ0) is 18.0. The first-order valence-corrected chi connectivity index (χ1v) is 7.78. The van der Waals surface area contributed by atoms with E-state index in [9.17, 15) is 9.59 Å². The molecule has 1 saturated heterocycles. The van der Waals surface area contributed by atoms with Crippen molar-refractivity contribution in [3.05, 3.63) is 12.7 Å². The Kier molecular flexibility index (Phi) is 4.53. The van der Waals surface area contributed by atoms with Crippen LogP contribution in [0.25, 0.3) is 11.2 Å². The lowest BCUT2D eigenvalue weighted by atomic mass is 10.0. The molecule has 3 rings (SSSR count). The molecule has 3 heterocycles. The maximum absolute atomic E-state index is 11.2. The molecule has 10 nitrogen and oxygen atoms in total. The van der Waals surface area contributed by atoms with E-state index in [0.717, 1.165) is 0 Å². The molecule has 0 unspecified atom stereocenters. The van der Waals surface area contributed by atoms with Crippen LogP contribution in [-0.4, -0.2) is 50.3 Å². The summed E-state index contributed by atoms with van der Waals surface area (Å²) in [5.74, 6) is -0.571. The molecular weight excluding hydrogens is 330 g/mol. The van der Waals surface area contributed by atoms with Gasteiger partial charge in [-0.1, -0.05) is 0 Å². The summed E-state index contributed by atoms with van der Waals surface area (Å²) in [4.78, 5) is 34.7. The number of anilines is 1. The summed E-state index contributed by atoms with van der Waals surface area (Å²) in [7, 11) is 0. The Morgan fingerprint density at radius 1 is 1.28 bits per heavy atom. The molecule has 0 amide bonds. The largest absolute Gasteiger partial charge is 0.463 e. The first kappa shape index (κ1) is 17.1. The molecule has 25 heavy (non-hydrogen) atoms. The van der Waals surface area contributed by atoms with E-state index in [1.54, 1.807) is 10.9 Å². The molecular formula is C15H19N5O5. The first-order valence-electron chi connectivity index (χ1n) is 7.78. The maximum atomic E-state index is 11.2. The summed E-state index contributed by atoms with van der Waals surface area (Å²) in [6.07, 6.45) is 3.69. The van der Waals surface area contributed by atoms with Gasteiger partial charge in [0.05, 0.1) is 6.33 Å². The van der Waals surface area contributed by atoms with Crippen LogP contribution in [-0.2, 0) is 23.8 Å². The Balaban J connectivity index is 1.83. The minimum absolute atomic E-state index is 0.00410. The van der Waals surface area contributed by atoms with Crippen LogP contribution in [0, 0.1) is 0 Å². The second kappa shape index (κ2) is 6.63. The lowest BCUT2D eigenvalue weighted by molar-refractivity contribution is -0.171. The van der Waals surface area contributed by atoms with Crippen LogP contribution in [0.5, 0.6) is 0 Å². The standard InChI is InChI=1S/C15H19N5O5/c1-9(21)23-5-15(6-24-10(2)22)4-3-11(25-15)20-8-19-12-13(16)17-7-18-14(12)20/h7-8,11H,3-6H2,1-2H3,(H2,16,17,18)/t11-/m1/s1. The van der Waals surface area contributed by atoms with Gasteiger partial charge in [0, 0.05) is 13.8 Å². The van der Waals surface area contributed by atoms with Crippen LogP contribution in [0.3, 0.4) is 0 Å². The summed E-state index contributed by atoms with van der Waals surface area (Å²) in [5.41, 5.74) is 5.93. The number of carbonyl (C=O) groups excluding carboxylic acids is 2. The van der Waals surface area contributed by atoms with Crippen LogP contribution in [0.4, 0.5) is 5.82 Å². The number of nitrogens with zero attached hydrogens (tertiary/aromatic N) is 4. The molecule has 1 aliphatic heterocycles. The van der Waals surface area contributed by atoms with Gasteiger partial charge in [0.15, 0.2) is 11.5 Å². The highest BCUT2D eigenvalue weighted by atomic mass is 16.6. The number of carbonyl (C=O) groups is 2. The van der Waals surface area contributed by atoms with E-state index in [2.05, 4.69) is 15.0 Å². The Hall–Kier alpha value is -2.75. The Morgan fingerprint density at radius 3 is 2.60 bits per heavy atom. The van der Waals surface area contributed by atoms with Crippen molar-refractivity contribution in [3.63, 3.8) is 0 Å². The number of ether oxygens (including phenoxy) is 3. The summed E-state index contributed by atoms with van der Waals surface area (Å²) in [6, 6.07) is 0. The molecule has 0 aliphatic carbocycles. The molecule has 1 atom stereocenters. The van der Waals surface area contributed by atoms with Crippen molar-refractivity contribution in [1.82, 2.24) is 19.5 Å². The van der Waals surface area contributed by atoms with Gasteiger partial charge in [-0.15, -0.1) is 0 Å². The minimum atomic E-state index is -0.906. The number of esters is 2. The fraction of sp³-hybridized carbons (Fsp3) is 0.533. The highest BCUT2D eigenvalue weighted by Crippen LogP contribution is 2.38. The number of nitrogen functional groups attached to an aromatic ring is 1. The van der Waals surface area contributed by atoms with Gasteiger partial charge in [-0.05, 0) is 12.8 Å². The van der Waals surface area contributed by atoms with Crippen molar-refractivity contribution in [2.24, 2.45) is 0 Å². The summed E-state index contributed by atoms with van der Waals surface area (Å²) in [5, 5.41) is 0. The first-order chi connectivity index (χ1) is 11.9. The fourth-order valence-electron chi connectivity index (χ4n) is 2.79. The fourth-order valence-corrected chi connectivity index (χ4v) is 2.79. The molecule has 2 aromatic rings. The van der Waals surface area contributed by atoms with Gasteiger partial charge in [0.2, 0.25) is 0 Å². The molecule has 134 valence electrons. The van der Waals surface area contributed by atoms with E-state index in [1.165, 1.54) is 20.2 Å². The normalized spacial score (nSPS) is 19.0. The highest BCUT2D eigenvalue weighted by Gasteiger charge is 2.43. The number of imidazole rings is 1. The molecule has 0 radical (unpaired) electrons. The summed E-state index contributed by atoms with van der Waals surface area (Å²) >= 11 is 0. The molecule has 0 spiro atoms. The number of fused-ring (bicyclic) bond motifs is 1. The molecule has 2 aromatic heterocycles. The van der Waals surface area contributed by atoms with Crippen molar-refractivity contribution in [1.29, 1.82) is 0 Å². The number of nitrogens with two attached hydrogens (primary N) is 1. The van der Waals surface area contributed by atoms with Crippen LogP contribution < -0.4 is 5.73 Å². The topological polar surface area (TPSA) is 131 Å². The average Bonchev–Trinajstić information content (AvgIpc) is 3.16. The molecule has 0 aromatic carbocycles. The number of aromatic nitrogens is 4.